The minimum absolute atomic E-state index is 0.0215. The highest BCUT2D eigenvalue weighted by Crippen LogP contribution is 2.27. The van der Waals surface area contributed by atoms with Crippen LogP contribution in [0.5, 0.6) is 0 Å². The lowest BCUT2D eigenvalue weighted by atomic mass is 9.93. The van der Waals surface area contributed by atoms with Crippen LogP contribution in [0.15, 0.2) is 29.2 Å². The van der Waals surface area contributed by atoms with Crippen molar-refractivity contribution in [2.75, 3.05) is 6.54 Å². The van der Waals surface area contributed by atoms with E-state index in [4.69, 9.17) is 11.6 Å². The molecule has 1 heterocycles. The minimum atomic E-state index is -3.71. The monoisotopic (exact) mass is 386 g/mol. The number of hydrogen-bond acceptors (Lipinski definition) is 3. The Hall–Kier alpha value is -1.11. The molecule has 1 aliphatic heterocycles. The molecule has 1 fully saturated rings. The van der Waals surface area contributed by atoms with Crippen molar-refractivity contribution >= 4 is 27.5 Å². The Morgan fingerprint density at radius 3 is 2.24 bits per heavy atom. The normalized spacial score (nSPS) is 19.1. The first-order valence-corrected chi connectivity index (χ1v) is 10.5. The summed E-state index contributed by atoms with van der Waals surface area (Å²) in [5, 5.41) is 3.53. The Morgan fingerprint density at radius 1 is 1.16 bits per heavy atom. The molecule has 0 radical (unpaired) electrons. The van der Waals surface area contributed by atoms with Gasteiger partial charge in [-0.15, -0.1) is 0 Å². The quantitative estimate of drug-likeness (QED) is 0.815. The maximum absolute atomic E-state index is 12.9. The summed E-state index contributed by atoms with van der Waals surface area (Å²) in [5.41, 5.74) is 0. The highest BCUT2D eigenvalue weighted by atomic mass is 35.5. The maximum Gasteiger partial charge on any atom is 0.243 e. The molecule has 0 aliphatic carbocycles. The molecule has 140 valence electrons. The van der Waals surface area contributed by atoms with Gasteiger partial charge in [0.05, 0.1) is 4.90 Å². The van der Waals surface area contributed by atoms with Gasteiger partial charge in [-0.1, -0.05) is 39.3 Å². The number of carbonyl (C=O) groups is 1. The van der Waals surface area contributed by atoms with Crippen LogP contribution in [-0.2, 0) is 14.8 Å². The average molecular weight is 387 g/mol. The number of nitrogens with one attached hydrogen (secondary N) is 1. The molecule has 1 atom stereocenters. The summed E-state index contributed by atoms with van der Waals surface area (Å²) >= 11 is 5.84. The maximum atomic E-state index is 12.9. The second kappa shape index (κ2) is 8.06. The molecule has 2 rings (SSSR count). The predicted octanol–water partition coefficient (Wildman–Crippen LogP) is 3.29. The van der Waals surface area contributed by atoms with Crippen LogP contribution in [0.3, 0.4) is 0 Å². The van der Waals surface area contributed by atoms with Crippen LogP contribution >= 0.6 is 11.6 Å². The van der Waals surface area contributed by atoms with E-state index in [9.17, 15) is 13.2 Å². The summed E-state index contributed by atoms with van der Waals surface area (Å²) in [6.07, 6.45) is 1.22. The van der Waals surface area contributed by atoms with Gasteiger partial charge in [-0.05, 0) is 48.9 Å². The Labute approximate surface area is 155 Å². The fraction of sp³-hybridized carbons (Fsp3) is 0.611. The molecule has 5 nitrogen and oxygen atoms in total. The van der Waals surface area contributed by atoms with E-state index in [0.717, 1.165) is 0 Å². The van der Waals surface area contributed by atoms with E-state index in [1.807, 2.05) is 0 Å². The summed E-state index contributed by atoms with van der Waals surface area (Å²) in [5.74, 6) is 0.362. The highest BCUT2D eigenvalue weighted by Gasteiger charge is 2.40. The average Bonchev–Trinajstić information content (AvgIpc) is 3.02. The van der Waals surface area contributed by atoms with Gasteiger partial charge in [-0.25, -0.2) is 8.42 Å². The first-order chi connectivity index (χ1) is 11.6. The molecule has 25 heavy (non-hydrogen) atoms. The van der Waals surface area contributed by atoms with Crippen LogP contribution in [0.2, 0.25) is 5.02 Å². The fourth-order valence-electron chi connectivity index (χ4n) is 3.40. The van der Waals surface area contributed by atoms with Crippen LogP contribution in [-0.4, -0.2) is 37.3 Å². The van der Waals surface area contributed by atoms with E-state index in [1.54, 1.807) is 12.1 Å². The summed E-state index contributed by atoms with van der Waals surface area (Å²) in [6, 6.07) is 5.43. The standard InChI is InChI=1S/C18H27ClN2O3S/c1-12(2)17(13(3)4)20-18(22)16-6-5-11-21(16)25(23,24)15-9-7-14(19)8-10-15/h7-10,12-13,16-17H,5-6,11H2,1-4H3,(H,20,22)/t16-/m1/s1. The fourth-order valence-corrected chi connectivity index (χ4v) is 5.18. The third-order valence-corrected chi connectivity index (χ3v) is 6.85. The number of benzene rings is 1. The van der Waals surface area contributed by atoms with Crippen molar-refractivity contribution in [3.05, 3.63) is 29.3 Å². The van der Waals surface area contributed by atoms with Gasteiger partial charge in [0.15, 0.2) is 0 Å². The second-order valence-electron chi connectivity index (χ2n) is 7.25. The number of halogens is 1. The van der Waals surface area contributed by atoms with Gasteiger partial charge in [0.1, 0.15) is 6.04 Å². The van der Waals surface area contributed by atoms with Gasteiger partial charge < -0.3 is 5.32 Å². The van der Waals surface area contributed by atoms with E-state index >= 15 is 0 Å². The largest absolute Gasteiger partial charge is 0.351 e. The highest BCUT2D eigenvalue weighted by molar-refractivity contribution is 7.89. The van der Waals surface area contributed by atoms with Crippen LogP contribution in [0.25, 0.3) is 0 Å². The Balaban J connectivity index is 2.21. The molecule has 0 spiro atoms. The lowest BCUT2D eigenvalue weighted by molar-refractivity contribution is -0.125. The molecular weight excluding hydrogens is 360 g/mol. The molecule has 7 heteroatoms. The van der Waals surface area contributed by atoms with E-state index in [1.165, 1.54) is 16.4 Å². The summed E-state index contributed by atoms with van der Waals surface area (Å²) in [4.78, 5) is 12.9. The molecule has 0 saturated carbocycles. The lowest BCUT2D eigenvalue weighted by Crippen LogP contribution is -2.51. The Morgan fingerprint density at radius 2 is 1.72 bits per heavy atom. The van der Waals surface area contributed by atoms with Crippen LogP contribution in [0.4, 0.5) is 0 Å². The van der Waals surface area contributed by atoms with E-state index in [2.05, 4.69) is 33.0 Å². The molecule has 0 unspecified atom stereocenters. The van der Waals surface area contributed by atoms with E-state index in [0.29, 0.717) is 24.4 Å². The molecule has 1 amide bonds. The first-order valence-electron chi connectivity index (χ1n) is 8.72. The van der Waals surface area contributed by atoms with Crippen molar-refractivity contribution in [2.24, 2.45) is 11.8 Å². The van der Waals surface area contributed by atoms with Gasteiger partial charge in [0.25, 0.3) is 0 Å². The predicted molar refractivity (Wildman–Crippen MR) is 100.0 cm³/mol. The zero-order valence-electron chi connectivity index (χ0n) is 15.2. The smallest absolute Gasteiger partial charge is 0.243 e. The Kier molecular flexibility index (Phi) is 6.51. The van der Waals surface area contributed by atoms with Gasteiger partial charge in [-0.3, -0.25) is 4.79 Å². The molecule has 1 aromatic carbocycles. The third-order valence-electron chi connectivity index (χ3n) is 4.67. The Bertz CT molecular complexity index is 694. The number of carbonyl (C=O) groups excluding carboxylic acids is 1. The molecule has 0 bridgehead atoms. The molecule has 1 saturated heterocycles. The van der Waals surface area contributed by atoms with Crippen molar-refractivity contribution in [3.8, 4) is 0 Å². The van der Waals surface area contributed by atoms with Crippen molar-refractivity contribution < 1.29 is 13.2 Å². The summed E-state index contributed by atoms with van der Waals surface area (Å²) in [6.45, 7) is 8.59. The molecular formula is C18H27ClN2O3S. The molecule has 0 aromatic heterocycles. The third kappa shape index (κ3) is 4.54. The number of hydrogen-bond donors (Lipinski definition) is 1. The molecule has 1 N–H and O–H groups in total. The topological polar surface area (TPSA) is 66.5 Å². The number of rotatable bonds is 6. The zero-order chi connectivity index (χ0) is 18.8. The van der Waals surface area contributed by atoms with E-state index in [-0.39, 0.29) is 28.7 Å². The van der Waals surface area contributed by atoms with Crippen LogP contribution < -0.4 is 5.32 Å². The van der Waals surface area contributed by atoms with Crippen molar-refractivity contribution in [1.82, 2.24) is 9.62 Å². The summed E-state index contributed by atoms with van der Waals surface area (Å²) < 4.78 is 27.2. The van der Waals surface area contributed by atoms with Gasteiger partial charge in [-0.2, -0.15) is 4.31 Å². The van der Waals surface area contributed by atoms with Gasteiger partial charge in [0, 0.05) is 17.6 Å². The van der Waals surface area contributed by atoms with Crippen molar-refractivity contribution in [2.45, 2.75) is 57.5 Å². The van der Waals surface area contributed by atoms with Gasteiger partial charge in [0.2, 0.25) is 15.9 Å². The minimum Gasteiger partial charge on any atom is -0.351 e. The van der Waals surface area contributed by atoms with Crippen molar-refractivity contribution in [1.29, 1.82) is 0 Å². The number of amides is 1. The number of nitrogens with zero attached hydrogens (tertiary/aromatic N) is 1. The zero-order valence-corrected chi connectivity index (χ0v) is 16.8. The molecule has 1 aromatic rings. The van der Waals surface area contributed by atoms with Crippen LogP contribution in [0, 0.1) is 11.8 Å². The summed E-state index contributed by atoms with van der Waals surface area (Å²) in [7, 11) is -3.71. The van der Waals surface area contributed by atoms with Gasteiger partial charge >= 0.3 is 0 Å². The molecule has 1 aliphatic rings. The van der Waals surface area contributed by atoms with E-state index < -0.39 is 16.1 Å². The second-order valence-corrected chi connectivity index (χ2v) is 9.58. The van der Waals surface area contributed by atoms with Crippen LogP contribution in [0.1, 0.15) is 40.5 Å². The SMILES string of the molecule is CC(C)C(NC(=O)[C@H]1CCCN1S(=O)(=O)c1ccc(Cl)cc1)C(C)C. The van der Waals surface area contributed by atoms with Crippen molar-refractivity contribution in [3.63, 3.8) is 0 Å². The first kappa shape index (κ1) is 20.2. The lowest BCUT2D eigenvalue weighted by Gasteiger charge is -2.30. The number of sulfonamides is 1.